The molecule has 0 bridgehead atoms. The molecule has 2 saturated carbocycles. The summed E-state index contributed by atoms with van der Waals surface area (Å²) in [6.45, 7) is 4.51. The molecular formula is C16H30N2O2. The smallest absolute Gasteiger partial charge is 0.315 e. The van der Waals surface area contributed by atoms with Crippen LogP contribution in [0.25, 0.3) is 0 Å². The Morgan fingerprint density at radius 2 is 1.65 bits per heavy atom. The SMILES string of the molecule is CC(C)[C@@H]1CCCC[C@H]1NC(=O)NC1CCC(O)CC1. The van der Waals surface area contributed by atoms with Crippen LogP contribution in [0.4, 0.5) is 4.79 Å². The third kappa shape index (κ3) is 4.37. The van der Waals surface area contributed by atoms with E-state index in [2.05, 4.69) is 24.5 Å². The number of amides is 2. The Morgan fingerprint density at radius 3 is 2.30 bits per heavy atom. The number of hydrogen-bond donors (Lipinski definition) is 3. The predicted molar refractivity (Wildman–Crippen MR) is 80.5 cm³/mol. The van der Waals surface area contributed by atoms with E-state index in [4.69, 9.17) is 0 Å². The van der Waals surface area contributed by atoms with Gasteiger partial charge in [-0.15, -0.1) is 0 Å². The zero-order valence-corrected chi connectivity index (χ0v) is 12.9. The molecule has 0 unspecified atom stereocenters. The average molecular weight is 282 g/mol. The Hall–Kier alpha value is -0.770. The molecule has 0 radical (unpaired) electrons. The third-order valence-corrected chi connectivity index (χ3v) is 5.02. The van der Waals surface area contributed by atoms with Gasteiger partial charge in [-0.3, -0.25) is 0 Å². The standard InChI is InChI=1S/C16H30N2O2/c1-11(2)14-5-3-4-6-15(14)18-16(20)17-12-7-9-13(19)10-8-12/h11-15,19H,3-10H2,1-2H3,(H2,17,18,20)/t12?,13?,14-,15+/m0/s1. The molecule has 116 valence electrons. The van der Waals surface area contributed by atoms with Crippen molar-refractivity contribution in [1.82, 2.24) is 10.6 Å². The highest BCUT2D eigenvalue weighted by Gasteiger charge is 2.29. The summed E-state index contributed by atoms with van der Waals surface area (Å²) >= 11 is 0. The van der Waals surface area contributed by atoms with E-state index < -0.39 is 0 Å². The molecule has 2 aliphatic rings. The van der Waals surface area contributed by atoms with Crippen molar-refractivity contribution in [2.45, 2.75) is 83.4 Å². The van der Waals surface area contributed by atoms with Gasteiger partial charge >= 0.3 is 6.03 Å². The van der Waals surface area contributed by atoms with Gasteiger partial charge in [0.1, 0.15) is 0 Å². The molecular weight excluding hydrogens is 252 g/mol. The van der Waals surface area contributed by atoms with Gasteiger partial charge in [-0.2, -0.15) is 0 Å². The van der Waals surface area contributed by atoms with Gasteiger partial charge in [0, 0.05) is 12.1 Å². The first kappa shape index (κ1) is 15.6. The summed E-state index contributed by atoms with van der Waals surface area (Å²) in [5.41, 5.74) is 0. The minimum absolute atomic E-state index is 0.0102. The summed E-state index contributed by atoms with van der Waals surface area (Å²) in [6, 6.07) is 0.557. The highest BCUT2D eigenvalue weighted by molar-refractivity contribution is 5.74. The number of nitrogens with one attached hydrogen (secondary N) is 2. The van der Waals surface area contributed by atoms with Crippen molar-refractivity contribution in [2.75, 3.05) is 0 Å². The molecule has 4 nitrogen and oxygen atoms in total. The Labute approximate surface area is 122 Å². The maximum Gasteiger partial charge on any atom is 0.315 e. The lowest BCUT2D eigenvalue weighted by Gasteiger charge is -2.35. The molecule has 0 saturated heterocycles. The first-order chi connectivity index (χ1) is 9.56. The van der Waals surface area contributed by atoms with Crippen LogP contribution in [0.1, 0.15) is 65.2 Å². The number of carbonyl (C=O) groups excluding carboxylic acids is 1. The van der Waals surface area contributed by atoms with Gasteiger partial charge in [-0.1, -0.05) is 26.7 Å². The summed E-state index contributed by atoms with van der Waals surface area (Å²) in [5.74, 6) is 1.24. The monoisotopic (exact) mass is 282 g/mol. The van der Waals surface area contributed by atoms with E-state index in [-0.39, 0.29) is 18.2 Å². The number of carbonyl (C=O) groups is 1. The minimum atomic E-state index is -0.167. The van der Waals surface area contributed by atoms with Gasteiger partial charge in [0.25, 0.3) is 0 Å². The van der Waals surface area contributed by atoms with E-state index in [9.17, 15) is 9.90 Å². The van der Waals surface area contributed by atoms with Crippen LogP contribution in [0.3, 0.4) is 0 Å². The molecule has 2 fully saturated rings. The highest BCUT2D eigenvalue weighted by atomic mass is 16.3. The molecule has 20 heavy (non-hydrogen) atoms. The van der Waals surface area contributed by atoms with Gasteiger partial charge in [0.15, 0.2) is 0 Å². The number of aliphatic hydroxyl groups excluding tert-OH is 1. The first-order valence-corrected chi connectivity index (χ1v) is 8.31. The van der Waals surface area contributed by atoms with E-state index in [1.165, 1.54) is 19.3 Å². The minimum Gasteiger partial charge on any atom is -0.393 e. The molecule has 2 aliphatic carbocycles. The van der Waals surface area contributed by atoms with Crippen molar-refractivity contribution in [3.8, 4) is 0 Å². The zero-order valence-electron chi connectivity index (χ0n) is 12.9. The molecule has 0 aliphatic heterocycles. The van der Waals surface area contributed by atoms with Crippen LogP contribution in [0, 0.1) is 11.8 Å². The lowest BCUT2D eigenvalue weighted by Crippen LogP contribution is -2.51. The van der Waals surface area contributed by atoms with Crippen molar-refractivity contribution < 1.29 is 9.90 Å². The van der Waals surface area contributed by atoms with E-state index in [0.717, 1.165) is 32.1 Å². The van der Waals surface area contributed by atoms with Crippen LogP contribution in [0.15, 0.2) is 0 Å². The van der Waals surface area contributed by atoms with Crippen LogP contribution in [-0.2, 0) is 0 Å². The van der Waals surface area contributed by atoms with Gasteiger partial charge in [0.05, 0.1) is 6.10 Å². The summed E-state index contributed by atoms with van der Waals surface area (Å²) in [6.07, 6.45) is 8.11. The molecule has 0 spiro atoms. The first-order valence-electron chi connectivity index (χ1n) is 8.31. The third-order valence-electron chi connectivity index (χ3n) is 5.02. The van der Waals surface area contributed by atoms with Crippen molar-refractivity contribution in [2.24, 2.45) is 11.8 Å². The fourth-order valence-electron chi connectivity index (χ4n) is 3.75. The van der Waals surface area contributed by atoms with Gasteiger partial charge < -0.3 is 15.7 Å². The maximum atomic E-state index is 12.1. The van der Waals surface area contributed by atoms with Crippen molar-refractivity contribution in [1.29, 1.82) is 0 Å². The largest absolute Gasteiger partial charge is 0.393 e. The fourth-order valence-corrected chi connectivity index (χ4v) is 3.75. The molecule has 0 heterocycles. The zero-order chi connectivity index (χ0) is 14.5. The second-order valence-electron chi connectivity index (χ2n) is 6.92. The normalized spacial score (nSPS) is 34.8. The van der Waals surface area contributed by atoms with Crippen LogP contribution in [0.5, 0.6) is 0 Å². The second kappa shape index (κ2) is 7.30. The van der Waals surface area contributed by atoms with Crippen molar-refractivity contribution in [3.63, 3.8) is 0 Å². The van der Waals surface area contributed by atoms with E-state index in [0.29, 0.717) is 17.9 Å². The Morgan fingerprint density at radius 1 is 1.00 bits per heavy atom. The molecule has 4 heteroatoms. The number of urea groups is 1. The van der Waals surface area contributed by atoms with E-state index in [1.807, 2.05) is 0 Å². The van der Waals surface area contributed by atoms with E-state index >= 15 is 0 Å². The highest BCUT2D eigenvalue weighted by Crippen LogP contribution is 2.30. The topological polar surface area (TPSA) is 61.4 Å². The molecule has 3 N–H and O–H groups in total. The molecule has 0 aromatic rings. The summed E-state index contributed by atoms with van der Waals surface area (Å²) in [4.78, 5) is 12.1. The fraction of sp³-hybridized carbons (Fsp3) is 0.938. The van der Waals surface area contributed by atoms with Crippen LogP contribution in [0.2, 0.25) is 0 Å². The molecule has 0 aromatic carbocycles. The summed E-state index contributed by atoms with van der Waals surface area (Å²) in [7, 11) is 0. The molecule has 2 amide bonds. The van der Waals surface area contributed by atoms with Crippen molar-refractivity contribution >= 4 is 6.03 Å². The molecule has 0 aromatic heterocycles. The van der Waals surface area contributed by atoms with Crippen LogP contribution in [-0.4, -0.2) is 29.3 Å². The predicted octanol–water partition coefficient (Wildman–Crippen LogP) is 2.80. The average Bonchev–Trinajstić information content (AvgIpc) is 2.41. The van der Waals surface area contributed by atoms with E-state index in [1.54, 1.807) is 0 Å². The lowest BCUT2D eigenvalue weighted by molar-refractivity contribution is 0.117. The van der Waals surface area contributed by atoms with Crippen molar-refractivity contribution in [3.05, 3.63) is 0 Å². The Kier molecular flexibility index (Phi) is 5.70. The Balaban J connectivity index is 1.78. The van der Waals surface area contributed by atoms with Gasteiger partial charge in [-0.05, 0) is 50.4 Å². The summed E-state index contributed by atoms with van der Waals surface area (Å²) in [5, 5.41) is 15.8. The molecule has 2 atom stereocenters. The Bertz CT molecular complexity index is 312. The molecule has 2 rings (SSSR count). The number of hydrogen-bond acceptors (Lipinski definition) is 2. The van der Waals surface area contributed by atoms with Crippen LogP contribution >= 0.6 is 0 Å². The second-order valence-corrected chi connectivity index (χ2v) is 6.92. The van der Waals surface area contributed by atoms with Gasteiger partial charge in [0.2, 0.25) is 0 Å². The quantitative estimate of drug-likeness (QED) is 0.745. The van der Waals surface area contributed by atoms with Crippen LogP contribution < -0.4 is 10.6 Å². The number of aliphatic hydroxyl groups is 1. The number of rotatable bonds is 3. The lowest BCUT2D eigenvalue weighted by atomic mass is 9.78. The summed E-state index contributed by atoms with van der Waals surface area (Å²) < 4.78 is 0. The van der Waals surface area contributed by atoms with Gasteiger partial charge in [-0.25, -0.2) is 4.79 Å². The maximum absolute atomic E-state index is 12.1.